The van der Waals surface area contributed by atoms with E-state index in [1.54, 1.807) is 6.20 Å². The Bertz CT molecular complexity index is 388. The lowest BCUT2D eigenvalue weighted by Crippen LogP contribution is -2.39. The second-order valence-electron chi connectivity index (χ2n) is 4.69. The molecule has 5 heteroatoms. The molecular formula is C12H20N4O. The summed E-state index contributed by atoms with van der Waals surface area (Å²) in [4.78, 5) is 11.9. The Kier molecular flexibility index (Phi) is 3.78. The first-order valence-electron chi connectivity index (χ1n) is 6.18. The minimum atomic E-state index is 0.0153. The molecule has 1 aliphatic carbocycles. The van der Waals surface area contributed by atoms with Gasteiger partial charge in [0, 0.05) is 37.9 Å². The molecule has 2 unspecified atom stereocenters. The van der Waals surface area contributed by atoms with Gasteiger partial charge in [-0.05, 0) is 18.9 Å². The van der Waals surface area contributed by atoms with Crippen molar-refractivity contribution in [2.75, 3.05) is 6.54 Å². The van der Waals surface area contributed by atoms with Crippen molar-refractivity contribution in [3.63, 3.8) is 0 Å². The summed E-state index contributed by atoms with van der Waals surface area (Å²) in [7, 11) is 1.91. The molecular weight excluding hydrogens is 216 g/mol. The van der Waals surface area contributed by atoms with Crippen LogP contribution in [0.3, 0.4) is 0 Å². The summed E-state index contributed by atoms with van der Waals surface area (Å²) in [6.45, 7) is 0.654. The van der Waals surface area contributed by atoms with Gasteiger partial charge in [-0.15, -0.1) is 0 Å². The van der Waals surface area contributed by atoms with E-state index >= 15 is 0 Å². The molecule has 0 bridgehead atoms. The van der Waals surface area contributed by atoms with Crippen LogP contribution in [0.4, 0.5) is 0 Å². The minimum absolute atomic E-state index is 0.0153. The third-order valence-electron chi connectivity index (χ3n) is 3.51. The van der Waals surface area contributed by atoms with E-state index < -0.39 is 0 Å². The average molecular weight is 236 g/mol. The van der Waals surface area contributed by atoms with Gasteiger partial charge in [-0.25, -0.2) is 0 Å². The number of hydrogen-bond acceptors (Lipinski definition) is 3. The van der Waals surface area contributed by atoms with E-state index in [1.807, 2.05) is 17.8 Å². The lowest BCUT2D eigenvalue weighted by molar-refractivity contribution is -0.125. The molecule has 0 radical (unpaired) electrons. The van der Waals surface area contributed by atoms with Crippen LogP contribution in [0.25, 0.3) is 0 Å². The first-order chi connectivity index (χ1) is 8.18. The number of amides is 1. The van der Waals surface area contributed by atoms with Crippen LogP contribution in [-0.2, 0) is 18.3 Å². The lowest BCUT2D eigenvalue weighted by Gasteiger charge is -2.15. The van der Waals surface area contributed by atoms with Crippen LogP contribution in [0.5, 0.6) is 0 Å². The fraction of sp³-hybridized carbons (Fsp3) is 0.667. The standard InChI is InChI=1S/C12H20N4O/c1-16-9(6-8-15-16)5-7-14-12(17)10-3-2-4-11(10)13/h6,8,10-11H,2-5,7,13H2,1H3,(H,14,17). The van der Waals surface area contributed by atoms with E-state index in [9.17, 15) is 4.79 Å². The van der Waals surface area contributed by atoms with Crippen molar-refractivity contribution in [3.05, 3.63) is 18.0 Å². The number of nitrogens with one attached hydrogen (secondary N) is 1. The minimum Gasteiger partial charge on any atom is -0.355 e. The van der Waals surface area contributed by atoms with Crippen LogP contribution < -0.4 is 11.1 Å². The Hall–Kier alpha value is -1.36. The number of nitrogens with two attached hydrogens (primary N) is 1. The van der Waals surface area contributed by atoms with Crippen molar-refractivity contribution in [2.45, 2.75) is 31.7 Å². The van der Waals surface area contributed by atoms with Crippen molar-refractivity contribution >= 4 is 5.91 Å². The summed E-state index contributed by atoms with van der Waals surface area (Å²) in [5.41, 5.74) is 7.02. The van der Waals surface area contributed by atoms with Gasteiger partial charge in [-0.3, -0.25) is 9.48 Å². The van der Waals surface area contributed by atoms with Crippen molar-refractivity contribution in [1.82, 2.24) is 15.1 Å². The third-order valence-corrected chi connectivity index (χ3v) is 3.51. The van der Waals surface area contributed by atoms with E-state index in [0.29, 0.717) is 6.54 Å². The summed E-state index contributed by atoms with van der Waals surface area (Å²) in [6.07, 6.45) is 5.55. The quantitative estimate of drug-likeness (QED) is 0.784. The van der Waals surface area contributed by atoms with Crippen LogP contribution in [0.1, 0.15) is 25.0 Å². The van der Waals surface area contributed by atoms with Gasteiger partial charge in [0.05, 0.1) is 5.92 Å². The van der Waals surface area contributed by atoms with Crippen molar-refractivity contribution in [2.24, 2.45) is 18.7 Å². The van der Waals surface area contributed by atoms with Crippen molar-refractivity contribution in [1.29, 1.82) is 0 Å². The number of nitrogens with zero attached hydrogens (tertiary/aromatic N) is 2. The predicted molar refractivity (Wildman–Crippen MR) is 65.2 cm³/mol. The summed E-state index contributed by atoms with van der Waals surface area (Å²) in [6, 6.07) is 2.01. The Balaban J connectivity index is 1.75. The second kappa shape index (κ2) is 5.31. The zero-order valence-electron chi connectivity index (χ0n) is 10.2. The van der Waals surface area contributed by atoms with Gasteiger partial charge in [-0.1, -0.05) is 6.42 Å². The highest BCUT2D eigenvalue weighted by Gasteiger charge is 2.29. The normalized spacial score (nSPS) is 23.9. The zero-order chi connectivity index (χ0) is 12.3. The molecule has 3 N–H and O–H groups in total. The Morgan fingerprint density at radius 3 is 3.06 bits per heavy atom. The second-order valence-corrected chi connectivity index (χ2v) is 4.69. The maximum Gasteiger partial charge on any atom is 0.224 e. The van der Waals surface area contributed by atoms with Gasteiger partial charge in [0.2, 0.25) is 5.91 Å². The Morgan fingerprint density at radius 2 is 2.47 bits per heavy atom. The molecule has 5 nitrogen and oxygen atoms in total. The molecule has 1 fully saturated rings. The third kappa shape index (κ3) is 2.85. The molecule has 2 rings (SSSR count). The Morgan fingerprint density at radius 1 is 1.65 bits per heavy atom. The summed E-state index contributed by atoms with van der Waals surface area (Å²) in [5.74, 6) is 0.124. The highest BCUT2D eigenvalue weighted by Crippen LogP contribution is 2.23. The highest BCUT2D eigenvalue weighted by atomic mass is 16.1. The summed E-state index contributed by atoms with van der Waals surface area (Å²) in [5, 5.41) is 7.05. The number of carbonyl (C=O) groups excluding carboxylic acids is 1. The number of aryl methyl sites for hydroxylation is 1. The highest BCUT2D eigenvalue weighted by molar-refractivity contribution is 5.79. The van der Waals surface area contributed by atoms with E-state index in [1.165, 1.54) is 0 Å². The first-order valence-corrected chi connectivity index (χ1v) is 6.18. The van der Waals surface area contributed by atoms with E-state index in [2.05, 4.69) is 10.4 Å². The molecule has 0 saturated heterocycles. The SMILES string of the molecule is Cn1nccc1CCNC(=O)C1CCCC1N. The summed E-state index contributed by atoms with van der Waals surface area (Å²) < 4.78 is 1.83. The molecule has 2 atom stereocenters. The van der Waals surface area contributed by atoms with Crippen LogP contribution >= 0.6 is 0 Å². The summed E-state index contributed by atoms with van der Waals surface area (Å²) >= 11 is 0. The molecule has 1 aliphatic rings. The van der Waals surface area contributed by atoms with Gasteiger partial charge < -0.3 is 11.1 Å². The molecule has 0 aliphatic heterocycles. The zero-order valence-corrected chi connectivity index (χ0v) is 10.2. The first kappa shape index (κ1) is 12.1. The van der Waals surface area contributed by atoms with E-state index in [-0.39, 0.29) is 17.9 Å². The van der Waals surface area contributed by atoms with Gasteiger partial charge >= 0.3 is 0 Å². The predicted octanol–water partition coefficient (Wildman–Crippen LogP) is 0.206. The molecule has 94 valence electrons. The largest absolute Gasteiger partial charge is 0.355 e. The van der Waals surface area contributed by atoms with Crippen molar-refractivity contribution < 1.29 is 4.79 Å². The smallest absolute Gasteiger partial charge is 0.224 e. The van der Waals surface area contributed by atoms with Crippen LogP contribution in [0.15, 0.2) is 12.3 Å². The van der Waals surface area contributed by atoms with Crippen LogP contribution in [-0.4, -0.2) is 28.3 Å². The van der Waals surface area contributed by atoms with Gasteiger partial charge in [0.25, 0.3) is 0 Å². The molecule has 1 saturated carbocycles. The molecule has 0 aromatic carbocycles. The van der Waals surface area contributed by atoms with Gasteiger partial charge in [-0.2, -0.15) is 5.10 Å². The molecule has 1 amide bonds. The van der Waals surface area contributed by atoms with E-state index in [0.717, 1.165) is 31.4 Å². The van der Waals surface area contributed by atoms with E-state index in [4.69, 9.17) is 5.73 Å². The van der Waals surface area contributed by atoms with Gasteiger partial charge in [0.1, 0.15) is 0 Å². The van der Waals surface area contributed by atoms with Gasteiger partial charge in [0.15, 0.2) is 0 Å². The average Bonchev–Trinajstić information content (AvgIpc) is 2.88. The maximum absolute atomic E-state index is 11.9. The van der Waals surface area contributed by atoms with Crippen LogP contribution in [0.2, 0.25) is 0 Å². The molecule has 0 spiro atoms. The monoisotopic (exact) mass is 236 g/mol. The molecule has 1 heterocycles. The number of rotatable bonds is 4. The molecule has 1 aromatic heterocycles. The lowest BCUT2D eigenvalue weighted by atomic mass is 10.0. The molecule has 17 heavy (non-hydrogen) atoms. The number of aromatic nitrogens is 2. The fourth-order valence-corrected chi connectivity index (χ4v) is 2.41. The fourth-order valence-electron chi connectivity index (χ4n) is 2.41. The Labute approximate surface area is 101 Å². The topological polar surface area (TPSA) is 72.9 Å². The van der Waals surface area contributed by atoms with Crippen molar-refractivity contribution in [3.8, 4) is 0 Å². The number of hydrogen-bond donors (Lipinski definition) is 2. The van der Waals surface area contributed by atoms with Crippen LogP contribution in [0, 0.1) is 5.92 Å². The number of carbonyl (C=O) groups is 1. The maximum atomic E-state index is 11.9. The molecule has 1 aromatic rings.